The number of amides is 1. The molecule has 0 spiro atoms. The van der Waals surface area contributed by atoms with Gasteiger partial charge in [0.2, 0.25) is 6.79 Å². The lowest BCUT2D eigenvalue weighted by Gasteiger charge is -2.36. The van der Waals surface area contributed by atoms with Gasteiger partial charge in [0.05, 0.1) is 0 Å². The van der Waals surface area contributed by atoms with E-state index in [2.05, 4.69) is 33.9 Å². The lowest BCUT2D eigenvalue weighted by Crippen LogP contribution is -2.41. The Bertz CT molecular complexity index is 1070. The fourth-order valence-electron chi connectivity index (χ4n) is 3.69. The van der Waals surface area contributed by atoms with Gasteiger partial charge in [-0.05, 0) is 72.8 Å². The summed E-state index contributed by atoms with van der Waals surface area (Å²) in [5, 5.41) is 2.09. The van der Waals surface area contributed by atoms with E-state index in [4.69, 9.17) is 18.3 Å². The van der Waals surface area contributed by atoms with Crippen LogP contribution in [0.4, 0.5) is 13.2 Å². The third-order valence-electron chi connectivity index (χ3n) is 6.89. The molecule has 10 heteroatoms. The van der Waals surface area contributed by atoms with Crippen molar-refractivity contribution in [2.75, 3.05) is 19.9 Å². The number of hydrogen-bond donors (Lipinski definition) is 1. The van der Waals surface area contributed by atoms with Gasteiger partial charge in [-0.1, -0.05) is 20.8 Å². The molecule has 0 saturated carbocycles. The number of aryl methyl sites for hydroxylation is 2. The Labute approximate surface area is 211 Å². The zero-order valence-electron chi connectivity index (χ0n) is 21.9. The maximum Gasteiger partial charge on any atom is 0.471 e. The second kappa shape index (κ2) is 10.9. The first-order chi connectivity index (χ1) is 16.7. The van der Waals surface area contributed by atoms with Gasteiger partial charge in [-0.3, -0.25) is 4.79 Å². The molecular formula is C26H36F3NO5Si. The van der Waals surface area contributed by atoms with E-state index in [0.29, 0.717) is 24.5 Å². The molecule has 1 aliphatic heterocycles. The van der Waals surface area contributed by atoms with Crippen molar-refractivity contribution in [2.45, 2.75) is 77.7 Å². The van der Waals surface area contributed by atoms with E-state index in [1.165, 1.54) is 0 Å². The van der Waals surface area contributed by atoms with Crippen molar-refractivity contribution in [3.8, 4) is 11.5 Å². The highest BCUT2D eigenvalue weighted by atomic mass is 28.4. The highest BCUT2D eigenvalue weighted by Gasteiger charge is 2.38. The lowest BCUT2D eigenvalue weighted by atomic mass is 9.98. The molecule has 1 N–H and O–H groups in total. The molecule has 0 unspecified atom stereocenters. The average Bonchev–Trinajstić information content (AvgIpc) is 3.35. The molecule has 0 saturated heterocycles. The maximum absolute atomic E-state index is 12.5. The van der Waals surface area contributed by atoms with Gasteiger partial charge in [0.15, 0.2) is 19.8 Å². The number of benzene rings is 1. The molecule has 200 valence electrons. The van der Waals surface area contributed by atoms with E-state index in [-0.39, 0.29) is 24.8 Å². The summed E-state index contributed by atoms with van der Waals surface area (Å²) in [6, 6.07) is 5.62. The van der Waals surface area contributed by atoms with E-state index in [9.17, 15) is 18.0 Å². The molecular weight excluding hydrogens is 491 g/mol. The molecule has 2 heterocycles. The van der Waals surface area contributed by atoms with Gasteiger partial charge < -0.3 is 23.6 Å². The van der Waals surface area contributed by atoms with Crippen molar-refractivity contribution in [1.82, 2.24) is 5.32 Å². The number of halogens is 3. The van der Waals surface area contributed by atoms with Crippen LogP contribution in [-0.4, -0.2) is 40.3 Å². The molecule has 1 aliphatic rings. The second-order valence-corrected chi connectivity index (χ2v) is 15.5. The third kappa shape index (κ3) is 7.06. The minimum atomic E-state index is -4.91. The number of fused-ring (bicyclic) bond motifs is 1. The molecule has 1 amide bonds. The fourth-order valence-corrected chi connectivity index (χ4v) is 4.77. The molecule has 0 atom stereocenters. The minimum absolute atomic E-state index is 0.0872. The van der Waals surface area contributed by atoms with Crippen LogP contribution in [0, 0.1) is 6.92 Å². The normalized spacial score (nSPS) is 13.8. The van der Waals surface area contributed by atoms with Crippen molar-refractivity contribution in [3.63, 3.8) is 0 Å². The van der Waals surface area contributed by atoms with Gasteiger partial charge in [-0.15, -0.1) is 0 Å². The summed E-state index contributed by atoms with van der Waals surface area (Å²) < 4.78 is 60.9. The Hall–Kier alpha value is -2.46. The molecule has 0 radical (unpaired) electrons. The highest BCUT2D eigenvalue weighted by Crippen LogP contribution is 2.37. The first-order valence-electron chi connectivity index (χ1n) is 12.2. The predicted octanol–water partition coefficient (Wildman–Crippen LogP) is 6.08. The van der Waals surface area contributed by atoms with Crippen molar-refractivity contribution in [2.24, 2.45) is 0 Å². The summed E-state index contributed by atoms with van der Waals surface area (Å²) in [5.41, 5.74) is 2.62. The molecule has 36 heavy (non-hydrogen) atoms. The summed E-state index contributed by atoms with van der Waals surface area (Å²) in [5.74, 6) is 0.833. The molecule has 6 nitrogen and oxygen atoms in total. The van der Waals surface area contributed by atoms with Crippen LogP contribution in [0.15, 0.2) is 22.6 Å². The van der Waals surface area contributed by atoms with E-state index in [0.717, 1.165) is 41.1 Å². The lowest BCUT2D eigenvalue weighted by molar-refractivity contribution is -0.173. The van der Waals surface area contributed by atoms with Crippen LogP contribution < -0.4 is 14.8 Å². The van der Waals surface area contributed by atoms with Crippen LogP contribution >= 0.6 is 0 Å². The van der Waals surface area contributed by atoms with Crippen LogP contribution in [0.1, 0.15) is 55.4 Å². The van der Waals surface area contributed by atoms with Crippen LogP contribution in [0.3, 0.4) is 0 Å². The van der Waals surface area contributed by atoms with Gasteiger partial charge in [0, 0.05) is 26.0 Å². The van der Waals surface area contributed by atoms with Crippen LogP contribution in [0.25, 0.3) is 0 Å². The summed E-state index contributed by atoms with van der Waals surface area (Å²) >= 11 is 0. The SMILES string of the molecule is Cc1cc(CCCO[Si](C)(C)C(C)(C)C)oc1Cc1cc2c(cc1CCNC(=O)C(F)(F)F)OCO2. The topological polar surface area (TPSA) is 69.9 Å². The summed E-state index contributed by atoms with van der Waals surface area (Å²) in [4.78, 5) is 11.2. The van der Waals surface area contributed by atoms with Crippen LogP contribution in [-0.2, 0) is 28.5 Å². The zero-order valence-corrected chi connectivity index (χ0v) is 22.9. The Morgan fingerprint density at radius 1 is 1.06 bits per heavy atom. The van der Waals surface area contributed by atoms with Crippen molar-refractivity contribution in [1.29, 1.82) is 0 Å². The Morgan fingerprint density at radius 3 is 2.31 bits per heavy atom. The molecule has 1 aromatic carbocycles. The molecule has 1 aromatic heterocycles. The number of furan rings is 1. The number of ether oxygens (including phenoxy) is 2. The van der Waals surface area contributed by atoms with Gasteiger partial charge >= 0.3 is 12.1 Å². The Balaban J connectivity index is 1.65. The summed E-state index contributed by atoms with van der Waals surface area (Å²) in [7, 11) is -1.78. The summed E-state index contributed by atoms with van der Waals surface area (Å²) in [6.45, 7) is 13.7. The number of nitrogens with one attached hydrogen (secondary N) is 1. The van der Waals surface area contributed by atoms with Gasteiger partial charge in [0.25, 0.3) is 0 Å². The third-order valence-corrected chi connectivity index (χ3v) is 11.4. The van der Waals surface area contributed by atoms with E-state index >= 15 is 0 Å². The van der Waals surface area contributed by atoms with Crippen LogP contribution in [0.2, 0.25) is 18.1 Å². The van der Waals surface area contributed by atoms with Gasteiger partial charge in [-0.25, -0.2) is 0 Å². The summed E-state index contributed by atoms with van der Waals surface area (Å²) in [6.07, 6.45) is -2.63. The Kier molecular flexibility index (Phi) is 8.50. The molecule has 3 rings (SSSR count). The Morgan fingerprint density at radius 2 is 1.69 bits per heavy atom. The van der Waals surface area contributed by atoms with Crippen molar-refractivity contribution >= 4 is 14.2 Å². The number of carbonyl (C=O) groups is 1. The van der Waals surface area contributed by atoms with Gasteiger partial charge in [0.1, 0.15) is 11.5 Å². The molecule has 2 aromatic rings. The molecule has 0 bridgehead atoms. The number of hydrogen-bond acceptors (Lipinski definition) is 5. The maximum atomic E-state index is 12.5. The average molecular weight is 528 g/mol. The highest BCUT2D eigenvalue weighted by molar-refractivity contribution is 6.74. The van der Waals surface area contributed by atoms with Crippen molar-refractivity contribution < 1.29 is 36.3 Å². The molecule has 0 fully saturated rings. The smallest absolute Gasteiger partial charge is 0.465 e. The number of alkyl halides is 3. The first-order valence-corrected chi connectivity index (χ1v) is 15.1. The van der Waals surface area contributed by atoms with Gasteiger partial charge in [-0.2, -0.15) is 13.2 Å². The largest absolute Gasteiger partial charge is 0.471 e. The predicted molar refractivity (Wildman–Crippen MR) is 133 cm³/mol. The fraction of sp³-hybridized carbons (Fsp3) is 0.577. The standard InChI is InChI=1S/C26H36F3NO5Si/c1-17-12-20(8-7-11-34-36(5,6)25(2,3)4)35-21(17)14-19-15-23-22(32-16-33-23)13-18(19)9-10-30-24(31)26(27,28)29/h12-13,15H,7-11,14,16H2,1-6H3,(H,30,31). The zero-order chi connectivity index (χ0) is 26.7. The quantitative estimate of drug-likeness (QED) is 0.299. The number of carbonyl (C=O) groups excluding carboxylic acids is 1. The first kappa shape index (κ1) is 28.1. The minimum Gasteiger partial charge on any atom is -0.465 e. The van der Waals surface area contributed by atoms with Crippen LogP contribution in [0.5, 0.6) is 11.5 Å². The monoisotopic (exact) mass is 527 g/mol. The van der Waals surface area contributed by atoms with E-state index < -0.39 is 20.4 Å². The second-order valence-electron chi connectivity index (χ2n) is 10.7. The van der Waals surface area contributed by atoms with Crippen molar-refractivity contribution in [3.05, 3.63) is 46.4 Å². The number of rotatable bonds is 10. The van der Waals surface area contributed by atoms with E-state index in [1.807, 2.05) is 24.4 Å². The van der Waals surface area contributed by atoms with E-state index in [1.54, 1.807) is 6.07 Å². The molecule has 0 aliphatic carbocycles.